The Kier molecular flexibility index (Phi) is 5.41. The van der Waals surface area contributed by atoms with Crippen molar-refractivity contribution in [1.82, 2.24) is 4.90 Å². The van der Waals surface area contributed by atoms with Gasteiger partial charge in [0.25, 0.3) is 0 Å². The van der Waals surface area contributed by atoms with E-state index in [0.717, 1.165) is 12.8 Å². The van der Waals surface area contributed by atoms with Crippen molar-refractivity contribution >= 4 is 33.2 Å². The molecule has 1 aliphatic rings. The van der Waals surface area contributed by atoms with Gasteiger partial charge in [0.1, 0.15) is 9.84 Å². The van der Waals surface area contributed by atoms with E-state index < -0.39 is 15.9 Å². The molecule has 0 spiro atoms. The molecule has 0 aromatic heterocycles. The number of hydrogen-bond donors (Lipinski definition) is 1. The number of carbonyl (C=O) groups is 1. The lowest BCUT2D eigenvalue weighted by Gasteiger charge is -2.29. The molecule has 0 aliphatic heterocycles. The molecule has 6 nitrogen and oxygen atoms in total. The molecule has 1 saturated carbocycles. The van der Waals surface area contributed by atoms with Gasteiger partial charge in [-0.3, -0.25) is 0 Å². The van der Waals surface area contributed by atoms with E-state index in [4.69, 9.17) is 16.3 Å². The molecule has 0 radical (unpaired) electrons. The monoisotopic (exact) mass is 360 g/mol. The summed E-state index contributed by atoms with van der Waals surface area (Å²) in [6, 6.07) is 4.40. The molecular weight excluding hydrogens is 340 g/mol. The fraction of sp³-hybridized carbons (Fsp3) is 0.533. The zero-order valence-corrected chi connectivity index (χ0v) is 14.9. The summed E-state index contributed by atoms with van der Waals surface area (Å²) in [6.45, 7) is 1.74. The molecule has 1 aliphatic carbocycles. The second-order valence-electron chi connectivity index (χ2n) is 5.83. The molecule has 1 fully saturated rings. The zero-order chi connectivity index (χ0) is 17.2. The van der Waals surface area contributed by atoms with E-state index >= 15 is 0 Å². The Balaban J connectivity index is 2.18. The predicted molar refractivity (Wildman–Crippen MR) is 91.1 cm³/mol. The van der Waals surface area contributed by atoms with Crippen molar-refractivity contribution in [3.8, 4) is 5.75 Å². The fourth-order valence-corrected chi connectivity index (χ4v) is 3.88. The number of hydrogen-bond acceptors (Lipinski definition) is 4. The Morgan fingerprint density at radius 2 is 2.13 bits per heavy atom. The van der Waals surface area contributed by atoms with Crippen molar-refractivity contribution < 1.29 is 17.9 Å². The summed E-state index contributed by atoms with van der Waals surface area (Å²) in [5.41, 5.74) is 0.460. The number of nitrogens with one attached hydrogen (secondary N) is 1. The molecule has 2 amide bonds. The summed E-state index contributed by atoms with van der Waals surface area (Å²) in [5.74, 6) is 0.317. The van der Waals surface area contributed by atoms with Gasteiger partial charge in [-0.15, -0.1) is 0 Å². The molecule has 8 heteroatoms. The molecule has 1 aromatic rings. The lowest BCUT2D eigenvalue weighted by molar-refractivity contribution is 0.194. The summed E-state index contributed by atoms with van der Waals surface area (Å²) >= 11 is 6.05. The van der Waals surface area contributed by atoms with Gasteiger partial charge in [0.2, 0.25) is 0 Å². The number of methoxy groups -OCH3 is 1. The molecule has 1 N–H and O–H groups in total. The third kappa shape index (κ3) is 4.75. The maximum atomic E-state index is 12.6. The summed E-state index contributed by atoms with van der Waals surface area (Å²) in [6.07, 6.45) is 2.94. The highest BCUT2D eigenvalue weighted by Gasteiger charge is 2.37. The number of ether oxygens (including phenoxy) is 1. The molecule has 0 heterocycles. The summed E-state index contributed by atoms with van der Waals surface area (Å²) < 4.78 is 28.3. The highest BCUT2D eigenvalue weighted by atomic mass is 35.5. The van der Waals surface area contributed by atoms with E-state index in [1.54, 1.807) is 30.0 Å². The van der Waals surface area contributed by atoms with Gasteiger partial charge in [-0.25, -0.2) is 13.2 Å². The van der Waals surface area contributed by atoms with E-state index in [1.165, 1.54) is 13.4 Å². The number of rotatable bonds is 6. The first-order chi connectivity index (χ1) is 10.7. The Labute approximate surface area is 141 Å². The van der Waals surface area contributed by atoms with Crippen molar-refractivity contribution in [3.05, 3.63) is 23.2 Å². The minimum atomic E-state index is -3.17. The first-order valence-corrected chi connectivity index (χ1v) is 9.76. The van der Waals surface area contributed by atoms with Crippen LogP contribution in [0.2, 0.25) is 5.02 Å². The number of para-hydroxylation sites is 1. The second kappa shape index (κ2) is 6.97. The number of halogens is 1. The maximum Gasteiger partial charge on any atom is 0.322 e. The Bertz CT molecular complexity index is 689. The van der Waals surface area contributed by atoms with E-state index in [-0.39, 0.29) is 17.8 Å². The highest BCUT2D eigenvalue weighted by Crippen LogP contribution is 2.34. The Morgan fingerprint density at radius 1 is 1.48 bits per heavy atom. The molecule has 23 heavy (non-hydrogen) atoms. The quantitative estimate of drug-likeness (QED) is 0.846. The minimum absolute atomic E-state index is 0.0659. The van der Waals surface area contributed by atoms with Gasteiger partial charge >= 0.3 is 6.03 Å². The van der Waals surface area contributed by atoms with Crippen LogP contribution >= 0.6 is 11.6 Å². The SMILES string of the molecule is COc1c(Cl)cccc1NC(=O)N(C(C)CS(C)(=O)=O)C1CC1. The topological polar surface area (TPSA) is 75.7 Å². The number of carbonyl (C=O) groups excluding carboxylic acids is 1. The lowest BCUT2D eigenvalue weighted by atomic mass is 10.3. The summed E-state index contributed by atoms with van der Waals surface area (Å²) in [5, 5.41) is 3.17. The molecule has 1 aromatic carbocycles. The van der Waals surface area contributed by atoms with Crippen molar-refractivity contribution in [3.63, 3.8) is 0 Å². The maximum absolute atomic E-state index is 12.6. The molecule has 2 rings (SSSR count). The third-order valence-electron chi connectivity index (χ3n) is 3.61. The molecular formula is C15H21ClN2O4S. The van der Waals surface area contributed by atoms with Crippen molar-refractivity contribution in [2.45, 2.75) is 31.8 Å². The molecule has 1 atom stereocenters. The van der Waals surface area contributed by atoms with Crippen LogP contribution in [-0.4, -0.2) is 50.6 Å². The highest BCUT2D eigenvalue weighted by molar-refractivity contribution is 7.90. The number of benzene rings is 1. The third-order valence-corrected chi connectivity index (χ3v) is 4.99. The van der Waals surface area contributed by atoms with Crippen LogP contribution in [0.25, 0.3) is 0 Å². The van der Waals surface area contributed by atoms with Crippen LogP contribution in [0.3, 0.4) is 0 Å². The van der Waals surface area contributed by atoms with Crippen LogP contribution in [0.15, 0.2) is 18.2 Å². The number of nitrogens with zero attached hydrogens (tertiary/aromatic N) is 1. The van der Waals surface area contributed by atoms with E-state index in [0.29, 0.717) is 16.5 Å². The average molecular weight is 361 g/mol. The van der Waals surface area contributed by atoms with E-state index in [1.807, 2.05) is 0 Å². The smallest absolute Gasteiger partial charge is 0.322 e. The Hall–Kier alpha value is -1.47. The predicted octanol–water partition coefficient (Wildman–Crippen LogP) is 2.78. The van der Waals surface area contributed by atoms with Gasteiger partial charge in [-0.2, -0.15) is 0 Å². The first-order valence-electron chi connectivity index (χ1n) is 7.32. The average Bonchev–Trinajstić information content (AvgIpc) is 3.21. The van der Waals surface area contributed by atoms with E-state index in [2.05, 4.69) is 5.32 Å². The van der Waals surface area contributed by atoms with Crippen LogP contribution < -0.4 is 10.1 Å². The summed E-state index contributed by atoms with van der Waals surface area (Å²) in [7, 11) is -1.69. The van der Waals surface area contributed by atoms with Gasteiger partial charge in [0.05, 0.1) is 23.6 Å². The number of amides is 2. The summed E-state index contributed by atoms with van der Waals surface area (Å²) in [4.78, 5) is 14.2. The molecule has 0 saturated heterocycles. The van der Waals surface area contributed by atoms with Crippen molar-refractivity contribution in [2.75, 3.05) is 24.4 Å². The van der Waals surface area contributed by atoms with Gasteiger partial charge in [-0.1, -0.05) is 17.7 Å². The van der Waals surface area contributed by atoms with Gasteiger partial charge in [0.15, 0.2) is 5.75 Å². The Morgan fingerprint density at radius 3 is 2.65 bits per heavy atom. The minimum Gasteiger partial charge on any atom is -0.493 e. The standard InChI is InChI=1S/C15H21ClN2O4S/c1-10(9-23(3,20)21)18(11-7-8-11)15(19)17-13-6-4-5-12(16)14(13)22-2/h4-6,10-11H,7-9H2,1-3H3,(H,17,19). The lowest BCUT2D eigenvalue weighted by Crippen LogP contribution is -2.46. The number of anilines is 1. The largest absolute Gasteiger partial charge is 0.493 e. The number of sulfone groups is 1. The van der Waals surface area contributed by atoms with Crippen LogP contribution in [0, 0.1) is 0 Å². The molecule has 1 unspecified atom stereocenters. The van der Waals surface area contributed by atoms with Crippen LogP contribution in [-0.2, 0) is 9.84 Å². The van der Waals surface area contributed by atoms with Crippen molar-refractivity contribution in [1.29, 1.82) is 0 Å². The second-order valence-corrected chi connectivity index (χ2v) is 8.42. The zero-order valence-electron chi connectivity index (χ0n) is 13.4. The van der Waals surface area contributed by atoms with Gasteiger partial charge < -0.3 is 15.0 Å². The number of urea groups is 1. The van der Waals surface area contributed by atoms with Gasteiger partial charge in [0, 0.05) is 18.3 Å². The molecule has 0 bridgehead atoms. The van der Waals surface area contributed by atoms with Gasteiger partial charge in [-0.05, 0) is 31.9 Å². The fourth-order valence-electron chi connectivity index (χ4n) is 2.59. The molecule has 128 valence electrons. The van der Waals surface area contributed by atoms with Crippen molar-refractivity contribution in [2.24, 2.45) is 0 Å². The van der Waals surface area contributed by atoms with E-state index in [9.17, 15) is 13.2 Å². The van der Waals surface area contributed by atoms with Crippen LogP contribution in [0.5, 0.6) is 5.75 Å². The van der Waals surface area contributed by atoms with Crippen LogP contribution in [0.1, 0.15) is 19.8 Å². The normalized spacial score (nSPS) is 15.8. The van der Waals surface area contributed by atoms with Crippen LogP contribution in [0.4, 0.5) is 10.5 Å². The first kappa shape index (κ1) is 17.9.